The smallest absolute Gasteiger partial charge is 0.107 e. The Morgan fingerprint density at radius 1 is 0.708 bits per heavy atom. The van der Waals surface area contributed by atoms with Gasteiger partial charge in [0.1, 0.15) is 6.61 Å². The zero-order chi connectivity index (χ0) is 16.9. The van der Waals surface area contributed by atoms with Crippen LogP contribution in [-0.4, -0.2) is 46.2 Å². The van der Waals surface area contributed by atoms with Crippen molar-refractivity contribution in [2.75, 3.05) is 46.2 Å². The fourth-order valence-electron chi connectivity index (χ4n) is 2.21. The summed E-state index contributed by atoms with van der Waals surface area (Å²) in [5.74, 6) is 2.40. The Kier molecular flexibility index (Phi) is 8.92. The predicted molar refractivity (Wildman–Crippen MR) is 94.9 cm³/mol. The Labute approximate surface area is 143 Å². The second-order valence-corrected chi connectivity index (χ2v) is 5.22. The van der Waals surface area contributed by atoms with E-state index in [9.17, 15) is 0 Å². The molecule has 0 atom stereocenters. The summed E-state index contributed by atoms with van der Waals surface area (Å²) in [5.41, 5.74) is 1.17. The first-order valence-electron chi connectivity index (χ1n) is 8.12. The lowest BCUT2D eigenvalue weighted by atomic mass is 10.1. The van der Waals surface area contributed by atoms with Gasteiger partial charge in [0.05, 0.1) is 46.2 Å². The lowest BCUT2D eigenvalue weighted by Gasteiger charge is -2.07. The molecule has 24 heavy (non-hydrogen) atoms. The molecule has 0 saturated carbocycles. The maximum atomic E-state index is 5.64. The fourth-order valence-corrected chi connectivity index (χ4v) is 2.21. The topological polar surface area (TPSA) is 36.9 Å². The van der Waals surface area contributed by atoms with E-state index in [1.807, 2.05) is 12.1 Å². The maximum absolute atomic E-state index is 5.64. The molecule has 0 aliphatic heterocycles. The van der Waals surface area contributed by atoms with Crippen molar-refractivity contribution in [2.45, 2.75) is 6.61 Å². The monoisotopic (exact) mass is 328 g/mol. The van der Waals surface area contributed by atoms with Crippen LogP contribution in [0.4, 0.5) is 0 Å². The molecule has 0 saturated heterocycles. The van der Waals surface area contributed by atoms with Crippen LogP contribution in [0.1, 0.15) is 5.56 Å². The summed E-state index contributed by atoms with van der Waals surface area (Å²) in [4.78, 5) is 0. The number of rotatable bonds is 12. The van der Waals surface area contributed by atoms with Gasteiger partial charge in [0.25, 0.3) is 0 Å². The van der Waals surface area contributed by atoms with Gasteiger partial charge in [-0.3, -0.25) is 0 Å². The maximum Gasteiger partial charge on any atom is 0.107 e. The molecule has 0 aliphatic carbocycles. The molecule has 0 bridgehead atoms. The van der Waals surface area contributed by atoms with Crippen LogP contribution in [0.5, 0.6) is 0 Å². The third kappa shape index (κ3) is 7.12. The highest BCUT2D eigenvalue weighted by Crippen LogP contribution is 2.16. The van der Waals surface area contributed by atoms with Crippen molar-refractivity contribution in [1.82, 2.24) is 0 Å². The van der Waals surface area contributed by atoms with Crippen molar-refractivity contribution >= 4 is 10.8 Å². The third-order valence-corrected chi connectivity index (χ3v) is 3.38. The van der Waals surface area contributed by atoms with Gasteiger partial charge in [-0.1, -0.05) is 42.3 Å². The summed E-state index contributed by atoms with van der Waals surface area (Å²) in [6.45, 7) is 4.19. The molecule has 2 aromatic carbocycles. The van der Waals surface area contributed by atoms with Gasteiger partial charge in [0, 0.05) is 0 Å². The molecule has 4 heteroatoms. The van der Waals surface area contributed by atoms with Crippen molar-refractivity contribution in [1.29, 1.82) is 0 Å². The van der Waals surface area contributed by atoms with Crippen molar-refractivity contribution in [3.8, 4) is 12.3 Å². The van der Waals surface area contributed by atoms with Crippen LogP contribution in [0.25, 0.3) is 10.8 Å². The summed E-state index contributed by atoms with van der Waals surface area (Å²) in [5, 5.41) is 2.48. The Morgan fingerprint density at radius 3 is 2.04 bits per heavy atom. The second-order valence-electron chi connectivity index (χ2n) is 5.22. The van der Waals surface area contributed by atoms with Gasteiger partial charge >= 0.3 is 0 Å². The van der Waals surface area contributed by atoms with E-state index in [1.165, 1.54) is 16.3 Å². The molecular weight excluding hydrogens is 304 g/mol. The third-order valence-electron chi connectivity index (χ3n) is 3.38. The number of hydrogen-bond acceptors (Lipinski definition) is 4. The quantitative estimate of drug-likeness (QED) is 0.443. The van der Waals surface area contributed by atoms with E-state index in [0.29, 0.717) is 52.9 Å². The summed E-state index contributed by atoms with van der Waals surface area (Å²) in [6, 6.07) is 14.7. The molecule has 0 heterocycles. The van der Waals surface area contributed by atoms with Crippen molar-refractivity contribution < 1.29 is 18.9 Å². The molecule has 0 amide bonds. The predicted octanol–water partition coefficient (Wildman–Crippen LogP) is 3.04. The number of hydrogen-bond donors (Lipinski definition) is 0. The van der Waals surface area contributed by atoms with E-state index in [-0.39, 0.29) is 0 Å². The normalized spacial score (nSPS) is 10.8. The van der Waals surface area contributed by atoms with Crippen LogP contribution in [0.2, 0.25) is 0 Å². The molecule has 128 valence electrons. The van der Waals surface area contributed by atoms with E-state index in [2.05, 4.69) is 36.3 Å². The van der Waals surface area contributed by atoms with Crippen molar-refractivity contribution in [3.05, 3.63) is 48.0 Å². The molecular formula is C20H24O4. The van der Waals surface area contributed by atoms with E-state index >= 15 is 0 Å². The van der Waals surface area contributed by atoms with Gasteiger partial charge < -0.3 is 18.9 Å². The van der Waals surface area contributed by atoms with Crippen LogP contribution in [-0.2, 0) is 25.6 Å². The molecule has 0 N–H and O–H groups in total. The average molecular weight is 328 g/mol. The number of fused-ring (bicyclic) bond motifs is 1. The first kappa shape index (κ1) is 18.4. The van der Waals surface area contributed by atoms with E-state index < -0.39 is 0 Å². The van der Waals surface area contributed by atoms with Crippen LogP contribution >= 0.6 is 0 Å². The Balaban J connectivity index is 1.47. The lowest BCUT2D eigenvalue weighted by molar-refractivity contribution is -0.00125. The van der Waals surface area contributed by atoms with Crippen LogP contribution < -0.4 is 0 Å². The van der Waals surface area contributed by atoms with E-state index in [4.69, 9.17) is 25.4 Å². The van der Waals surface area contributed by atoms with Gasteiger partial charge in [0.15, 0.2) is 0 Å². The molecule has 4 nitrogen and oxygen atoms in total. The second kappa shape index (κ2) is 11.6. The van der Waals surface area contributed by atoms with Crippen molar-refractivity contribution in [3.63, 3.8) is 0 Å². The first-order valence-corrected chi connectivity index (χ1v) is 8.12. The highest BCUT2D eigenvalue weighted by Gasteiger charge is 1.97. The van der Waals surface area contributed by atoms with Gasteiger partial charge in [-0.05, 0) is 22.4 Å². The highest BCUT2D eigenvalue weighted by molar-refractivity contribution is 5.82. The number of terminal acetylenes is 1. The molecule has 2 rings (SSSR count). The SMILES string of the molecule is C#CCOCCOCCOCCOCc1ccc2ccccc2c1. The van der Waals surface area contributed by atoms with E-state index in [1.54, 1.807) is 0 Å². The standard InChI is InChI=1S/C20H24O4/c1-2-9-21-10-11-22-12-13-23-14-15-24-17-18-7-8-19-5-3-4-6-20(19)16-18/h1,3-8,16H,9-15,17H2. The molecule has 0 fully saturated rings. The largest absolute Gasteiger partial charge is 0.377 e. The summed E-state index contributed by atoms with van der Waals surface area (Å²) < 4.78 is 21.5. The fraction of sp³-hybridized carbons (Fsp3) is 0.400. The molecule has 0 radical (unpaired) electrons. The molecule has 2 aromatic rings. The minimum atomic E-state index is 0.328. The highest BCUT2D eigenvalue weighted by atomic mass is 16.6. The molecule has 0 aromatic heterocycles. The minimum Gasteiger partial charge on any atom is -0.377 e. The summed E-state index contributed by atoms with van der Waals surface area (Å²) >= 11 is 0. The van der Waals surface area contributed by atoms with Gasteiger partial charge in [-0.25, -0.2) is 0 Å². The Bertz CT molecular complexity index is 633. The van der Waals surface area contributed by atoms with Gasteiger partial charge in [0.2, 0.25) is 0 Å². The van der Waals surface area contributed by atoms with Crippen LogP contribution in [0, 0.1) is 12.3 Å². The molecule has 0 spiro atoms. The molecule has 0 aliphatic rings. The first-order chi connectivity index (χ1) is 11.9. The minimum absolute atomic E-state index is 0.328. The van der Waals surface area contributed by atoms with Gasteiger partial charge in [-0.2, -0.15) is 0 Å². The van der Waals surface area contributed by atoms with Crippen molar-refractivity contribution in [2.24, 2.45) is 0 Å². The van der Waals surface area contributed by atoms with Crippen LogP contribution in [0.3, 0.4) is 0 Å². The van der Waals surface area contributed by atoms with Crippen LogP contribution in [0.15, 0.2) is 42.5 Å². The van der Waals surface area contributed by atoms with Gasteiger partial charge in [-0.15, -0.1) is 6.42 Å². The Morgan fingerprint density at radius 2 is 1.33 bits per heavy atom. The number of ether oxygens (including phenoxy) is 4. The Hall–Kier alpha value is -1.90. The zero-order valence-corrected chi connectivity index (χ0v) is 13.9. The van der Waals surface area contributed by atoms with E-state index in [0.717, 1.165) is 0 Å². The molecule has 0 unspecified atom stereocenters. The zero-order valence-electron chi connectivity index (χ0n) is 13.9. The average Bonchev–Trinajstić information content (AvgIpc) is 2.62. The summed E-state index contributed by atoms with van der Waals surface area (Å²) in [6.07, 6.45) is 5.06. The number of benzene rings is 2. The lowest BCUT2D eigenvalue weighted by Crippen LogP contribution is -2.11. The summed E-state index contributed by atoms with van der Waals surface area (Å²) in [7, 11) is 0.